The number of aromatic carboxylic acids is 1. The normalized spacial score (nSPS) is 16.9. The second kappa shape index (κ2) is 8.08. The van der Waals surface area contributed by atoms with E-state index in [1.165, 1.54) is 18.6 Å². The summed E-state index contributed by atoms with van der Waals surface area (Å²) < 4.78 is 12.0. The molecule has 0 spiro atoms. The van der Waals surface area contributed by atoms with E-state index in [2.05, 4.69) is 5.32 Å². The lowest BCUT2D eigenvalue weighted by atomic mass is 9.95. The van der Waals surface area contributed by atoms with Gasteiger partial charge in [-0.25, -0.2) is 4.79 Å². The number of hydrogen-bond acceptors (Lipinski definition) is 3. The van der Waals surface area contributed by atoms with Gasteiger partial charge in [-0.3, -0.25) is 9.00 Å². The largest absolute Gasteiger partial charge is 0.478 e. The summed E-state index contributed by atoms with van der Waals surface area (Å²) in [5, 5.41) is 11.8. The average Bonchev–Trinajstić information content (AvgIpc) is 2.48. The molecule has 1 amide bonds. The zero-order chi connectivity index (χ0) is 15.9. The Bertz CT molecular complexity index is 550. The SMILES string of the molecule is O=C(CS(=O)Cc1ccc(C(=O)O)cc1)NC1CCCCC1. The zero-order valence-corrected chi connectivity index (χ0v) is 13.2. The van der Waals surface area contributed by atoms with Crippen molar-refractivity contribution < 1.29 is 18.9 Å². The van der Waals surface area contributed by atoms with Gasteiger partial charge in [-0.05, 0) is 30.5 Å². The van der Waals surface area contributed by atoms with E-state index in [-0.39, 0.29) is 29.0 Å². The van der Waals surface area contributed by atoms with Crippen molar-refractivity contribution in [3.63, 3.8) is 0 Å². The molecule has 6 heteroatoms. The number of hydrogen-bond donors (Lipinski definition) is 2. The first-order valence-corrected chi connectivity index (χ1v) is 9.00. The number of amides is 1. The van der Waals surface area contributed by atoms with Crippen LogP contribution in [0, 0.1) is 0 Å². The molecule has 1 atom stereocenters. The van der Waals surface area contributed by atoms with E-state index in [0.717, 1.165) is 31.2 Å². The van der Waals surface area contributed by atoms with Gasteiger partial charge in [0.25, 0.3) is 0 Å². The second-order valence-corrected chi connectivity index (χ2v) is 7.09. The Morgan fingerprint density at radius 2 is 1.77 bits per heavy atom. The third-order valence-corrected chi connectivity index (χ3v) is 5.03. The lowest BCUT2D eigenvalue weighted by molar-refractivity contribution is -0.119. The summed E-state index contributed by atoms with van der Waals surface area (Å²) in [5.41, 5.74) is 0.971. The van der Waals surface area contributed by atoms with Crippen LogP contribution in [0.15, 0.2) is 24.3 Å². The molecular formula is C16H21NO4S. The van der Waals surface area contributed by atoms with E-state index in [4.69, 9.17) is 5.11 Å². The molecule has 0 radical (unpaired) electrons. The van der Waals surface area contributed by atoms with Crippen molar-refractivity contribution in [2.45, 2.75) is 43.9 Å². The quantitative estimate of drug-likeness (QED) is 0.839. The Kier molecular flexibility index (Phi) is 6.12. The van der Waals surface area contributed by atoms with Crippen LogP contribution in [-0.4, -0.2) is 33.0 Å². The number of carboxylic acids is 1. The van der Waals surface area contributed by atoms with Crippen LogP contribution in [0.25, 0.3) is 0 Å². The van der Waals surface area contributed by atoms with Crippen molar-refractivity contribution in [1.29, 1.82) is 0 Å². The molecular weight excluding hydrogens is 302 g/mol. The summed E-state index contributed by atoms with van der Waals surface area (Å²) in [6.45, 7) is 0. The number of nitrogens with one attached hydrogen (secondary N) is 1. The zero-order valence-electron chi connectivity index (χ0n) is 12.4. The first-order chi connectivity index (χ1) is 10.5. The standard InChI is InChI=1S/C16H21NO4S/c18-15(17-14-4-2-1-3-5-14)11-22(21)10-12-6-8-13(9-7-12)16(19)20/h6-9,14H,1-5,10-11H2,(H,17,18)(H,19,20). The Hall–Kier alpha value is -1.69. The number of carbonyl (C=O) groups excluding carboxylic acids is 1. The van der Waals surface area contributed by atoms with E-state index in [0.29, 0.717) is 0 Å². The van der Waals surface area contributed by atoms with E-state index in [1.807, 2.05) is 0 Å². The van der Waals surface area contributed by atoms with E-state index in [1.54, 1.807) is 12.1 Å². The van der Waals surface area contributed by atoms with Crippen LogP contribution in [0.4, 0.5) is 0 Å². The minimum Gasteiger partial charge on any atom is -0.478 e. The third kappa shape index (κ3) is 5.26. The van der Waals surface area contributed by atoms with Gasteiger partial charge in [0, 0.05) is 22.6 Å². The van der Waals surface area contributed by atoms with Crippen molar-refractivity contribution in [2.24, 2.45) is 0 Å². The number of rotatable bonds is 6. The van der Waals surface area contributed by atoms with Crippen molar-refractivity contribution in [2.75, 3.05) is 5.75 Å². The van der Waals surface area contributed by atoms with Crippen LogP contribution in [-0.2, 0) is 21.3 Å². The van der Waals surface area contributed by atoms with Gasteiger partial charge >= 0.3 is 5.97 Å². The molecule has 1 aromatic rings. The van der Waals surface area contributed by atoms with Gasteiger partial charge in [0.2, 0.25) is 5.91 Å². The molecule has 2 rings (SSSR count). The van der Waals surface area contributed by atoms with Gasteiger partial charge < -0.3 is 10.4 Å². The van der Waals surface area contributed by atoms with E-state index in [9.17, 15) is 13.8 Å². The molecule has 1 fully saturated rings. The Morgan fingerprint density at radius 3 is 2.36 bits per heavy atom. The molecule has 2 N–H and O–H groups in total. The average molecular weight is 323 g/mol. The molecule has 0 aromatic heterocycles. The summed E-state index contributed by atoms with van der Waals surface area (Å²) in [6, 6.07) is 6.47. The molecule has 1 saturated carbocycles. The summed E-state index contributed by atoms with van der Waals surface area (Å²) in [6.07, 6.45) is 5.53. The van der Waals surface area contributed by atoms with Crippen LogP contribution in [0.3, 0.4) is 0 Å². The summed E-state index contributed by atoms with van der Waals surface area (Å²) in [5.74, 6) is -0.887. The summed E-state index contributed by atoms with van der Waals surface area (Å²) >= 11 is 0. The molecule has 1 aromatic carbocycles. The van der Waals surface area contributed by atoms with Crippen molar-refractivity contribution in [3.8, 4) is 0 Å². The molecule has 120 valence electrons. The fraction of sp³-hybridized carbons (Fsp3) is 0.500. The van der Waals surface area contributed by atoms with Crippen LogP contribution in [0.5, 0.6) is 0 Å². The Morgan fingerprint density at radius 1 is 1.14 bits per heavy atom. The maximum Gasteiger partial charge on any atom is 0.335 e. The molecule has 0 heterocycles. The van der Waals surface area contributed by atoms with Crippen LogP contribution < -0.4 is 5.32 Å². The monoisotopic (exact) mass is 323 g/mol. The van der Waals surface area contributed by atoms with Gasteiger partial charge in [-0.2, -0.15) is 0 Å². The Labute approximate surface area is 132 Å². The van der Waals surface area contributed by atoms with E-state index >= 15 is 0 Å². The fourth-order valence-electron chi connectivity index (χ4n) is 2.64. The molecule has 0 saturated heterocycles. The van der Waals surface area contributed by atoms with E-state index < -0.39 is 16.8 Å². The maximum atomic E-state index is 12.0. The molecule has 1 unspecified atom stereocenters. The maximum absolute atomic E-state index is 12.0. The predicted octanol–water partition coefficient (Wildman–Crippen LogP) is 2.08. The van der Waals surface area contributed by atoms with Gasteiger partial charge in [-0.15, -0.1) is 0 Å². The second-order valence-electron chi connectivity index (χ2n) is 5.63. The fourth-order valence-corrected chi connectivity index (χ4v) is 3.69. The highest BCUT2D eigenvalue weighted by Crippen LogP contribution is 2.17. The summed E-state index contributed by atoms with van der Waals surface area (Å²) in [4.78, 5) is 22.6. The molecule has 0 aliphatic heterocycles. The topological polar surface area (TPSA) is 83.5 Å². The van der Waals surface area contributed by atoms with Crippen molar-refractivity contribution >= 4 is 22.7 Å². The smallest absolute Gasteiger partial charge is 0.335 e. The molecule has 5 nitrogen and oxygen atoms in total. The number of carboxylic acid groups (broad SMARTS) is 1. The van der Waals surface area contributed by atoms with Gasteiger partial charge in [-0.1, -0.05) is 31.4 Å². The van der Waals surface area contributed by atoms with Gasteiger partial charge in [0.1, 0.15) is 5.75 Å². The van der Waals surface area contributed by atoms with Crippen LogP contribution in [0.1, 0.15) is 48.0 Å². The van der Waals surface area contributed by atoms with Crippen molar-refractivity contribution in [3.05, 3.63) is 35.4 Å². The lowest BCUT2D eigenvalue weighted by Gasteiger charge is -2.22. The number of carbonyl (C=O) groups is 2. The Balaban J connectivity index is 1.79. The van der Waals surface area contributed by atoms with Crippen LogP contribution >= 0.6 is 0 Å². The highest BCUT2D eigenvalue weighted by molar-refractivity contribution is 7.84. The summed E-state index contributed by atoms with van der Waals surface area (Å²) in [7, 11) is -1.28. The van der Waals surface area contributed by atoms with Gasteiger partial charge in [0.05, 0.1) is 5.56 Å². The minimum atomic E-state index is -1.28. The molecule has 1 aliphatic carbocycles. The third-order valence-electron chi connectivity index (χ3n) is 3.79. The van der Waals surface area contributed by atoms with Crippen molar-refractivity contribution in [1.82, 2.24) is 5.32 Å². The van der Waals surface area contributed by atoms with Gasteiger partial charge in [0.15, 0.2) is 0 Å². The minimum absolute atomic E-state index is 0.00280. The lowest BCUT2D eigenvalue weighted by Crippen LogP contribution is -2.38. The molecule has 22 heavy (non-hydrogen) atoms. The molecule has 0 bridgehead atoms. The highest BCUT2D eigenvalue weighted by Gasteiger charge is 2.17. The highest BCUT2D eigenvalue weighted by atomic mass is 32.2. The first kappa shape index (κ1) is 16.7. The van der Waals surface area contributed by atoms with Crippen LogP contribution in [0.2, 0.25) is 0 Å². The molecule has 1 aliphatic rings. The number of benzene rings is 1. The first-order valence-electron chi connectivity index (χ1n) is 7.51. The predicted molar refractivity (Wildman–Crippen MR) is 85.1 cm³/mol.